The van der Waals surface area contributed by atoms with Crippen molar-refractivity contribution in [3.05, 3.63) is 33.2 Å². The van der Waals surface area contributed by atoms with Gasteiger partial charge in [-0.3, -0.25) is 9.59 Å². The van der Waals surface area contributed by atoms with Crippen molar-refractivity contribution >= 4 is 5.91 Å². The Balaban J connectivity index is 1.72. The number of amides is 1. The normalized spacial score (nSPS) is 21.5. The van der Waals surface area contributed by atoms with Crippen LogP contribution in [0.1, 0.15) is 47.3 Å². The van der Waals surface area contributed by atoms with E-state index in [9.17, 15) is 9.59 Å². The molecular weight excluding hydrogens is 256 g/mol. The fourth-order valence-electron chi connectivity index (χ4n) is 2.95. The lowest BCUT2D eigenvalue weighted by Gasteiger charge is -2.16. The van der Waals surface area contributed by atoms with Crippen molar-refractivity contribution in [3.8, 4) is 0 Å². The predicted octanol–water partition coefficient (Wildman–Crippen LogP) is 1.16. The largest absolute Gasteiger partial charge is 0.376 e. The van der Waals surface area contributed by atoms with Crippen LogP contribution in [-0.4, -0.2) is 30.1 Å². The van der Waals surface area contributed by atoms with Crippen LogP contribution in [0.25, 0.3) is 0 Å². The number of hydrogen-bond acceptors (Lipinski definition) is 3. The maximum atomic E-state index is 12.1. The number of carbonyl (C=O) groups is 1. The molecule has 1 atom stereocenters. The number of aromatic nitrogens is 1. The minimum atomic E-state index is -0.296. The van der Waals surface area contributed by atoms with E-state index in [1.54, 1.807) is 6.07 Å². The van der Waals surface area contributed by atoms with Gasteiger partial charge in [0.25, 0.3) is 11.5 Å². The van der Waals surface area contributed by atoms with Crippen LogP contribution in [0.2, 0.25) is 0 Å². The summed E-state index contributed by atoms with van der Waals surface area (Å²) in [6.07, 6.45) is 6.18. The third-order valence-electron chi connectivity index (χ3n) is 4.10. The molecule has 2 N–H and O–H groups in total. The number of pyridine rings is 1. The van der Waals surface area contributed by atoms with E-state index in [4.69, 9.17) is 4.74 Å². The maximum absolute atomic E-state index is 12.1. The second kappa shape index (κ2) is 5.79. The molecule has 1 aromatic rings. The minimum Gasteiger partial charge on any atom is -0.376 e. The van der Waals surface area contributed by atoms with Crippen molar-refractivity contribution in [2.45, 2.75) is 44.6 Å². The molecule has 1 amide bonds. The molecule has 0 saturated carbocycles. The van der Waals surface area contributed by atoms with Crippen molar-refractivity contribution < 1.29 is 9.53 Å². The van der Waals surface area contributed by atoms with Gasteiger partial charge in [0, 0.05) is 18.8 Å². The first-order valence-corrected chi connectivity index (χ1v) is 7.39. The monoisotopic (exact) mass is 276 g/mol. The Morgan fingerprint density at radius 1 is 1.35 bits per heavy atom. The number of hydrogen-bond donors (Lipinski definition) is 2. The minimum absolute atomic E-state index is 0.0932. The van der Waals surface area contributed by atoms with Gasteiger partial charge in [0.15, 0.2) is 0 Å². The van der Waals surface area contributed by atoms with Gasteiger partial charge in [0.2, 0.25) is 0 Å². The molecule has 1 aliphatic heterocycles. The number of aryl methyl sites for hydroxylation is 2. The van der Waals surface area contributed by atoms with E-state index in [1.807, 2.05) is 0 Å². The Morgan fingerprint density at radius 3 is 3.00 bits per heavy atom. The Bertz CT molecular complexity index is 559. The molecule has 1 aromatic heterocycles. The van der Waals surface area contributed by atoms with E-state index < -0.39 is 0 Å². The summed E-state index contributed by atoms with van der Waals surface area (Å²) in [6, 6.07) is 1.76. The second-order valence-electron chi connectivity index (χ2n) is 5.57. The highest BCUT2D eigenvalue weighted by Gasteiger charge is 2.19. The van der Waals surface area contributed by atoms with Crippen molar-refractivity contribution in [2.75, 3.05) is 13.2 Å². The molecule has 20 heavy (non-hydrogen) atoms. The van der Waals surface area contributed by atoms with Crippen molar-refractivity contribution in [3.63, 3.8) is 0 Å². The molecule has 0 aromatic carbocycles. The third kappa shape index (κ3) is 2.77. The average molecular weight is 276 g/mol. The molecule has 0 bridgehead atoms. The highest BCUT2D eigenvalue weighted by molar-refractivity contribution is 5.94. The van der Waals surface area contributed by atoms with E-state index in [0.29, 0.717) is 6.54 Å². The van der Waals surface area contributed by atoms with E-state index in [0.717, 1.165) is 56.4 Å². The van der Waals surface area contributed by atoms with Gasteiger partial charge < -0.3 is 15.0 Å². The molecule has 5 heteroatoms. The van der Waals surface area contributed by atoms with E-state index in [-0.39, 0.29) is 23.1 Å². The highest BCUT2D eigenvalue weighted by atomic mass is 16.5. The fourth-order valence-corrected chi connectivity index (χ4v) is 2.95. The van der Waals surface area contributed by atoms with Gasteiger partial charge in [0.05, 0.1) is 6.10 Å². The lowest BCUT2D eigenvalue weighted by Crippen LogP contribution is -2.35. The zero-order chi connectivity index (χ0) is 13.9. The Kier molecular flexibility index (Phi) is 3.87. The fraction of sp³-hybridized carbons (Fsp3) is 0.600. The number of rotatable bonds is 3. The summed E-state index contributed by atoms with van der Waals surface area (Å²) >= 11 is 0. The molecule has 108 valence electrons. The zero-order valence-corrected chi connectivity index (χ0v) is 11.5. The molecular formula is C15H20N2O3. The van der Waals surface area contributed by atoms with E-state index >= 15 is 0 Å². The summed E-state index contributed by atoms with van der Waals surface area (Å²) < 4.78 is 5.46. The van der Waals surface area contributed by atoms with Crippen LogP contribution in [0.5, 0.6) is 0 Å². The quantitative estimate of drug-likeness (QED) is 0.870. The van der Waals surface area contributed by atoms with Gasteiger partial charge in [-0.25, -0.2) is 0 Å². The van der Waals surface area contributed by atoms with Crippen LogP contribution in [0.15, 0.2) is 10.9 Å². The van der Waals surface area contributed by atoms with Crippen molar-refractivity contribution in [2.24, 2.45) is 0 Å². The number of fused-ring (bicyclic) bond motifs is 1. The maximum Gasteiger partial charge on any atom is 0.261 e. The third-order valence-corrected chi connectivity index (χ3v) is 4.10. The number of carbonyl (C=O) groups excluding carboxylic acids is 1. The Morgan fingerprint density at radius 2 is 2.20 bits per heavy atom. The number of aromatic amines is 1. The van der Waals surface area contributed by atoms with Gasteiger partial charge in [-0.15, -0.1) is 0 Å². The predicted molar refractivity (Wildman–Crippen MR) is 75.0 cm³/mol. The van der Waals surface area contributed by atoms with Crippen molar-refractivity contribution in [1.29, 1.82) is 0 Å². The topological polar surface area (TPSA) is 71.2 Å². The molecule has 1 fully saturated rings. The molecule has 2 aliphatic rings. The standard InChI is InChI=1S/C15H20N2O3/c18-14(16-9-11-5-3-7-20-11)12-8-10-4-1-2-6-13(10)17-15(12)19/h8,11H,1-7,9H2,(H,16,18)(H,17,19)/t11-/m1/s1. The zero-order valence-electron chi connectivity index (χ0n) is 11.5. The van der Waals surface area contributed by atoms with Crippen LogP contribution in [0.4, 0.5) is 0 Å². The van der Waals surface area contributed by atoms with Gasteiger partial charge in [-0.2, -0.15) is 0 Å². The second-order valence-corrected chi connectivity index (χ2v) is 5.57. The summed E-state index contributed by atoms with van der Waals surface area (Å²) in [5, 5.41) is 2.80. The molecule has 0 unspecified atom stereocenters. The van der Waals surface area contributed by atoms with Crippen LogP contribution in [0.3, 0.4) is 0 Å². The first-order valence-electron chi connectivity index (χ1n) is 7.39. The van der Waals surface area contributed by atoms with Gasteiger partial charge >= 0.3 is 0 Å². The molecule has 5 nitrogen and oxygen atoms in total. The highest BCUT2D eigenvalue weighted by Crippen LogP contribution is 2.18. The molecule has 2 heterocycles. The molecule has 0 radical (unpaired) electrons. The smallest absolute Gasteiger partial charge is 0.261 e. The summed E-state index contributed by atoms with van der Waals surface area (Å²) in [4.78, 5) is 27.0. The van der Waals surface area contributed by atoms with Crippen LogP contribution in [-0.2, 0) is 17.6 Å². The molecule has 0 spiro atoms. The van der Waals surface area contributed by atoms with E-state index in [2.05, 4.69) is 10.3 Å². The van der Waals surface area contributed by atoms with Crippen LogP contribution >= 0.6 is 0 Å². The summed E-state index contributed by atoms with van der Waals surface area (Å²) in [5.74, 6) is -0.296. The van der Waals surface area contributed by atoms with Crippen LogP contribution in [0, 0.1) is 0 Å². The summed E-state index contributed by atoms with van der Waals surface area (Å²) in [7, 11) is 0. The first kappa shape index (κ1) is 13.4. The SMILES string of the molecule is O=C(NC[C@H]1CCCO1)c1cc2c([nH]c1=O)CCCC2. The summed E-state index contributed by atoms with van der Waals surface area (Å²) in [5.41, 5.74) is 2.05. The van der Waals surface area contributed by atoms with Crippen molar-refractivity contribution in [1.82, 2.24) is 10.3 Å². The van der Waals surface area contributed by atoms with Gasteiger partial charge in [-0.1, -0.05) is 0 Å². The van der Waals surface area contributed by atoms with Crippen LogP contribution < -0.4 is 10.9 Å². The van der Waals surface area contributed by atoms with Gasteiger partial charge in [0.1, 0.15) is 5.56 Å². The Hall–Kier alpha value is -1.62. The summed E-state index contributed by atoms with van der Waals surface area (Å²) in [6.45, 7) is 1.25. The van der Waals surface area contributed by atoms with Gasteiger partial charge in [-0.05, 0) is 50.2 Å². The number of H-pyrrole nitrogens is 1. The molecule has 1 saturated heterocycles. The lowest BCUT2D eigenvalue weighted by atomic mass is 9.95. The first-order chi connectivity index (χ1) is 9.74. The lowest BCUT2D eigenvalue weighted by molar-refractivity contribution is 0.0856. The molecule has 3 rings (SSSR count). The number of nitrogens with one attached hydrogen (secondary N) is 2. The molecule has 1 aliphatic carbocycles. The number of ether oxygens (including phenoxy) is 1. The Labute approximate surface area is 117 Å². The average Bonchev–Trinajstić information content (AvgIpc) is 2.97. The van der Waals surface area contributed by atoms with E-state index in [1.165, 1.54) is 0 Å².